The summed E-state index contributed by atoms with van der Waals surface area (Å²) >= 11 is 0. The van der Waals surface area contributed by atoms with Gasteiger partial charge in [-0.15, -0.1) is 0 Å². The molecule has 2 aliphatic heterocycles. The summed E-state index contributed by atoms with van der Waals surface area (Å²) in [6, 6.07) is 15.0. The number of nitro benzene ring substituents is 1. The third-order valence-electron chi connectivity index (χ3n) is 7.33. The molecule has 0 saturated carbocycles. The SMILES string of the molecule is CCCCOc1ccc(N2C(=O)[C@H]3[C@H](ON(c4cccc([N+](=O)[O-])c4)[C@H]3c3ccc(OC)c(OC)c3OC)C2=O)cc1. The molecule has 3 aromatic rings. The number of hydrogen-bond acceptors (Lipinski definition) is 10. The Morgan fingerprint density at radius 1 is 0.905 bits per heavy atom. The molecular formula is C30H31N3O9. The molecule has 2 saturated heterocycles. The van der Waals surface area contributed by atoms with Crippen molar-refractivity contribution in [3.8, 4) is 23.0 Å². The van der Waals surface area contributed by atoms with Crippen molar-refractivity contribution >= 4 is 28.9 Å². The van der Waals surface area contributed by atoms with Crippen LogP contribution in [0.3, 0.4) is 0 Å². The Kier molecular flexibility index (Phi) is 8.16. The van der Waals surface area contributed by atoms with Crippen molar-refractivity contribution < 1.29 is 38.3 Å². The molecular weight excluding hydrogens is 546 g/mol. The number of unbranched alkanes of at least 4 members (excludes halogenated alkanes) is 1. The third kappa shape index (κ3) is 4.94. The van der Waals surface area contributed by atoms with Crippen LogP contribution in [0.25, 0.3) is 0 Å². The normalized spacial score (nSPS) is 19.6. The number of nitro groups is 1. The highest BCUT2D eigenvalue weighted by Gasteiger charge is 2.61. The van der Waals surface area contributed by atoms with Crippen LogP contribution in [0.5, 0.6) is 23.0 Å². The molecule has 0 unspecified atom stereocenters. The summed E-state index contributed by atoms with van der Waals surface area (Å²) in [5.41, 5.74) is 0.968. The number of methoxy groups -OCH3 is 3. The average molecular weight is 578 g/mol. The average Bonchev–Trinajstić information content (AvgIpc) is 3.52. The maximum Gasteiger partial charge on any atom is 0.271 e. The van der Waals surface area contributed by atoms with Gasteiger partial charge in [-0.2, -0.15) is 0 Å². The lowest BCUT2D eigenvalue weighted by Gasteiger charge is -2.30. The minimum Gasteiger partial charge on any atom is -0.494 e. The van der Waals surface area contributed by atoms with Crippen LogP contribution in [-0.4, -0.2) is 50.8 Å². The molecule has 42 heavy (non-hydrogen) atoms. The molecule has 2 heterocycles. The van der Waals surface area contributed by atoms with Crippen molar-refractivity contribution in [2.75, 3.05) is 37.9 Å². The van der Waals surface area contributed by atoms with E-state index in [9.17, 15) is 19.7 Å². The lowest BCUT2D eigenvalue weighted by Crippen LogP contribution is -2.37. The summed E-state index contributed by atoms with van der Waals surface area (Å²) < 4.78 is 22.4. The van der Waals surface area contributed by atoms with Crippen LogP contribution in [0, 0.1) is 16.0 Å². The van der Waals surface area contributed by atoms with E-state index in [0.29, 0.717) is 35.0 Å². The van der Waals surface area contributed by atoms with E-state index in [1.807, 2.05) is 0 Å². The number of carbonyl (C=O) groups is 2. The molecule has 0 N–H and O–H groups in total. The Morgan fingerprint density at radius 3 is 2.29 bits per heavy atom. The Balaban J connectivity index is 1.58. The predicted octanol–water partition coefficient (Wildman–Crippen LogP) is 4.85. The first-order chi connectivity index (χ1) is 20.3. The number of non-ortho nitro benzene ring substituents is 1. The zero-order valence-corrected chi connectivity index (χ0v) is 23.6. The fraction of sp³-hybridized carbons (Fsp3) is 0.333. The van der Waals surface area contributed by atoms with Gasteiger partial charge in [0.1, 0.15) is 17.7 Å². The van der Waals surface area contributed by atoms with Crippen molar-refractivity contribution in [1.82, 2.24) is 0 Å². The quantitative estimate of drug-likeness (QED) is 0.135. The molecule has 5 rings (SSSR count). The third-order valence-corrected chi connectivity index (χ3v) is 7.33. The molecule has 12 heteroatoms. The highest BCUT2D eigenvalue weighted by molar-refractivity contribution is 6.24. The highest BCUT2D eigenvalue weighted by atomic mass is 16.7. The summed E-state index contributed by atoms with van der Waals surface area (Å²) in [7, 11) is 4.39. The van der Waals surface area contributed by atoms with Gasteiger partial charge in [-0.05, 0) is 48.9 Å². The standard InChI is InChI=1S/C30H31N3O9/c1-5-6-16-41-21-12-10-18(11-13-21)31-29(34)24-25(22-14-15-23(38-2)27(40-4)26(22)39-3)32(42-28(24)30(31)35)19-8-7-9-20(17-19)33(36)37/h7-15,17,24-25,28H,5-6,16H2,1-4H3/t24-,25+,28+/m1/s1. The number of ether oxygens (including phenoxy) is 4. The van der Waals surface area contributed by atoms with Crippen molar-refractivity contribution in [2.24, 2.45) is 5.92 Å². The molecule has 3 aromatic carbocycles. The number of benzene rings is 3. The van der Waals surface area contributed by atoms with Crippen LogP contribution >= 0.6 is 0 Å². The van der Waals surface area contributed by atoms with Gasteiger partial charge in [0.25, 0.3) is 11.6 Å². The molecule has 12 nitrogen and oxygen atoms in total. The van der Waals surface area contributed by atoms with Gasteiger partial charge in [-0.25, -0.2) is 9.96 Å². The number of hydrogen-bond donors (Lipinski definition) is 0. The minimum absolute atomic E-state index is 0.174. The molecule has 0 aliphatic carbocycles. The van der Waals surface area contributed by atoms with Gasteiger partial charge in [0.15, 0.2) is 17.6 Å². The summed E-state index contributed by atoms with van der Waals surface area (Å²) in [5.74, 6) is -0.466. The molecule has 0 radical (unpaired) electrons. The van der Waals surface area contributed by atoms with E-state index in [1.165, 1.54) is 44.6 Å². The van der Waals surface area contributed by atoms with Crippen LogP contribution in [0.15, 0.2) is 60.7 Å². The molecule has 0 aromatic heterocycles. The number of amides is 2. The molecule has 0 bridgehead atoms. The fourth-order valence-corrected chi connectivity index (χ4v) is 5.34. The number of fused-ring (bicyclic) bond motifs is 1. The van der Waals surface area contributed by atoms with Gasteiger partial charge >= 0.3 is 0 Å². The Labute approximate surface area is 242 Å². The molecule has 220 valence electrons. The van der Waals surface area contributed by atoms with E-state index in [2.05, 4.69) is 6.92 Å². The zero-order chi connectivity index (χ0) is 30.0. The Hall–Kier alpha value is -4.84. The Bertz CT molecular complexity index is 1490. The van der Waals surface area contributed by atoms with Gasteiger partial charge in [-0.1, -0.05) is 19.4 Å². The summed E-state index contributed by atoms with van der Waals surface area (Å²) in [6.07, 6.45) is 0.713. The monoisotopic (exact) mass is 577 g/mol. The first kappa shape index (κ1) is 28.7. The van der Waals surface area contributed by atoms with E-state index in [-0.39, 0.29) is 17.2 Å². The van der Waals surface area contributed by atoms with Gasteiger partial charge in [0.2, 0.25) is 11.7 Å². The summed E-state index contributed by atoms with van der Waals surface area (Å²) in [4.78, 5) is 46.1. The van der Waals surface area contributed by atoms with E-state index >= 15 is 0 Å². The van der Waals surface area contributed by atoms with Crippen LogP contribution in [0.1, 0.15) is 31.4 Å². The van der Waals surface area contributed by atoms with Crippen molar-refractivity contribution in [2.45, 2.75) is 31.9 Å². The van der Waals surface area contributed by atoms with Gasteiger partial charge in [0, 0.05) is 17.7 Å². The highest BCUT2D eigenvalue weighted by Crippen LogP contribution is 2.53. The largest absolute Gasteiger partial charge is 0.494 e. The lowest BCUT2D eigenvalue weighted by molar-refractivity contribution is -0.384. The van der Waals surface area contributed by atoms with Gasteiger partial charge < -0.3 is 18.9 Å². The van der Waals surface area contributed by atoms with E-state index in [1.54, 1.807) is 42.5 Å². The topological polar surface area (TPSA) is 130 Å². The number of imide groups is 1. The van der Waals surface area contributed by atoms with Crippen LogP contribution < -0.4 is 28.9 Å². The predicted molar refractivity (Wildman–Crippen MR) is 152 cm³/mol. The lowest BCUT2D eigenvalue weighted by atomic mass is 9.89. The molecule has 3 atom stereocenters. The second-order valence-electron chi connectivity index (χ2n) is 9.73. The maximum absolute atomic E-state index is 14.1. The zero-order valence-electron chi connectivity index (χ0n) is 23.6. The number of rotatable bonds is 11. The van der Waals surface area contributed by atoms with Gasteiger partial charge in [0.05, 0.1) is 44.2 Å². The van der Waals surface area contributed by atoms with E-state index in [0.717, 1.165) is 17.7 Å². The van der Waals surface area contributed by atoms with E-state index in [4.69, 9.17) is 23.8 Å². The first-order valence-electron chi connectivity index (χ1n) is 13.4. The fourth-order valence-electron chi connectivity index (χ4n) is 5.34. The number of anilines is 2. The summed E-state index contributed by atoms with van der Waals surface area (Å²) in [5, 5.41) is 12.9. The van der Waals surface area contributed by atoms with Crippen LogP contribution in [0.4, 0.5) is 17.1 Å². The number of nitrogens with zero attached hydrogens (tertiary/aromatic N) is 3. The minimum atomic E-state index is -1.19. The van der Waals surface area contributed by atoms with Crippen molar-refractivity contribution in [3.05, 3.63) is 76.3 Å². The summed E-state index contributed by atoms with van der Waals surface area (Å²) in [6.45, 7) is 2.64. The van der Waals surface area contributed by atoms with Gasteiger partial charge in [-0.3, -0.25) is 24.5 Å². The maximum atomic E-state index is 14.1. The van der Waals surface area contributed by atoms with E-state index < -0.39 is 34.8 Å². The second kappa shape index (κ2) is 12.0. The number of carbonyl (C=O) groups excluding carboxylic acids is 2. The molecule has 2 amide bonds. The van der Waals surface area contributed by atoms with Crippen molar-refractivity contribution in [1.29, 1.82) is 0 Å². The van der Waals surface area contributed by atoms with Crippen molar-refractivity contribution in [3.63, 3.8) is 0 Å². The molecule has 0 spiro atoms. The first-order valence-corrected chi connectivity index (χ1v) is 13.4. The van der Waals surface area contributed by atoms with Crippen LogP contribution in [0.2, 0.25) is 0 Å². The van der Waals surface area contributed by atoms with Crippen LogP contribution in [-0.2, 0) is 14.4 Å². The number of hydroxylamine groups is 1. The molecule has 2 fully saturated rings. The molecule has 2 aliphatic rings. The second-order valence-corrected chi connectivity index (χ2v) is 9.73. The smallest absolute Gasteiger partial charge is 0.271 e. The Morgan fingerprint density at radius 2 is 1.64 bits per heavy atom.